The molecule has 31 heavy (non-hydrogen) atoms. The van der Waals surface area contributed by atoms with Crippen LogP contribution in [0.25, 0.3) is 16.8 Å². The number of aromatic nitrogens is 3. The maximum absolute atomic E-state index is 6.45. The molecule has 4 aromatic rings. The Morgan fingerprint density at radius 2 is 1.58 bits per heavy atom. The summed E-state index contributed by atoms with van der Waals surface area (Å²) in [6, 6.07) is 17.3. The van der Waals surface area contributed by atoms with Crippen molar-refractivity contribution in [3.63, 3.8) is 0 Å². The van der Waals surface area contributed by atoms with Crippen molar-refractivity contribution in [3.05, 3.63) is 72.1 Å². The molecule has 0 aliphatic heterocycles. The molecule has 2 aromatic heterocycles. The molecule has 5 N–H and O–H groups in total. The van der Waals surface area contributed by atoms with Crippen LogP contribution in [0.15, 0.2) is 60.9 Å². The minimum absolute atomic E-state index is 0.284. The van der Waals surface area contributed by atoms with Crippen LogP contribution >= 0.6 is 0 Å². The number of imidazole rings is 1. The maximum atomic E-state index is 6.45. The fraction of sp³-hybridized carbons (Fsp3) is 0.280. The van der Waals surface area contributed by atoms with Crippen molar-refractivity contribution in [2.24, 2.45) is 5.73 Å². The highest BCUT2D eigenvalue weighted by molar-refractivity contribution is 5.81. The molecule has 6 nitrogen and oxygen atoms in total. The van der Waals surface area contributed by atoms with E-state index in [-0.39, 0.29) is 6.04 Å². The number of nitrogens with two attached hydrogens (primary N) is 2. The van der Waals surface area contributed by atoms with E-state index in [1.54, 1.807) is 10.7 Å². The van der Waals surface area contributed by atoms with Crippen LogP contribution in [-0.2, 0) is 0 Å². The number of aryl methyl sites for hydroxylation is 1. The highest BCUT2D eigenvalue weighted by Crippen LogP contribution is 2.41. The van der Waals surface area contributed by atoms with Gasteiger partial charge in [0.15, 0.2) is 5.65 Å². The lowest BCUT2D eigenvalue weighted by Gasteiger charge is -2.28. The maximum Gasteiger partial charge on any atom is 0.177 e. The number of fused-ring (bicyclic) bond motifs is 1. The first-order chi connectivity index (χ1) is 15.1. The number of nitrogens with one attached hydrogen (secondary N) is 1. The summed E-state index contributed by atoms with van der Waals surface area (Å²) in [6.45, 7) is 2.10. The molecule has 0 unspecified atom stereocenters. The van der Waals surface area contributed by atoms with Crippen molar-refractivity contribution < 1.29 is 0 Å². The summed E-state index contributed by atoms with van der Waals surface area (Å²) >= 11 is 0. The average Bonchev–Trinajstić information content (AvgIpc) is 3.24. The Balaban J connectivity index is 1.50. The van der Waals surface area contributed by atoms with Gasteiger partial charge in [0.2, 0.25) is 0 Å². The molecule has 0 saturated heterocycles. The van der Waals surface area contributed by atoms with Crippen LogP contribution in [-0.4, -0.2) is 20.6 Å². The predicted octanol–water partition coefficient (Wildman–Crippen LogP) is 5.02. The Bertz CT molecular complexity index is 1190. The van der Waals surface area contributed by atoms with E-state index in [0.29, 0.717) is 11.7 Å². The number of hydrogen-bond donors (Lipinski definition) is 3. The molecule has 1 aliphatic carbocycles. The van der Waals surface area contributed by atoms with Gasteiger partial charge in [-0.15, -0.1) is 5.10 Å². The van der Waals surface area contributed by atoms with Crippen LogP contribution in [0, 0.1) is 6.92 Å². The fourth-order valence-electron chi connectivity index (χ4n) is 4.56. The van der Waals surface area contributed by atoms with Crippen molar-refractivity contribution in [2.45, 2.75) is 44.6 Å². The lowest BCUT2D eigenvalue weighted by Crippen LogP contribution is -2.26. The van der Waals surface area contributed by atoms with Gasteiger partial charge in [0.05, 0.1) is 5.69 Å². The van der Waals surface area contributed by atoms with Crippen LogP contribution in [0.4, 0.5) is 17.2 Å². The molecule has 1 aliphatic rings. The van der Waals surface area contributed by atoms with Crippen molar-refractivity contribution >= 4 is 22.8 Å². The van der Waals surface area contributed by atoms with Gasteiger partial charge in [0.25, 0.3) is 0 Å². The molecule has 0 spiro atoms. The largest absolute Gasteiger partial charge is 0.382 e. The van der Waals surface area contributed by atoms with Crippen molar-refractivity contribution in [1.29, 1.82) is 0 Å². The van der Waals surface area contributed by atoms with Crippen LogP contribution in [0.1, 0.15) is 42.7 Å². The Morgan fingerprint density at radius 3 is 2.26 bits per heavy atom. The van der Waals surface area contributed by atoms with Crippen LogP contribution in [0.3, 0.4) is 0 Å². The van der Waals surface area contributed by atoms with Crippen molar-refractivity contribution in [1.82, 2.24) is 14.6 Å². The second kappa shape index (κ2) is 8.04. The van der Waals surface area contributed by atoms with Crippen LogP contribution in [0.2, 0.25) is 0 Å². The quantitative estimate of drug-likeness (QED) is 0.438. The SMILES string of the molecule is Cc1ccc(-c2ccc(Nc3c(C4CCC(N)CC4)c(N)nn4ccnc34)cc2)cc1. The first-order valence-electron chi connectivity index (χ1n) is 10.9. The van der Waals surface area contributed by atoms with Gasteiger partial charge >= 0.3 is 0 Å². The molecule has 5 rings (SSSR count). The Kier molecular flexibility index (Phi) is 5.08. The molecule has 0 radical (unpaired) electrons. The zero-order valence-corrected chi connectivity index (χ0v) is 17.8. The highest BCUT2D eigenvalue weighted by Gasteiger charge is 2.27. The second-order valence-electron chi connectivity index (χ2n) is 8.55. The molecule has 1 saturated carbocycles. The van der Waals surface area contributed by atoms with Gasteiger partial charge in [-0.3, -0.25) is 0 Å². The number of anilines is 3. The molecule has 6 heteroatoms. The molecule has 1 fully saturated rings. The molecule has 2 heterocycles. The van der Waals surface area contributed by atoms with E-state index in [2.05, 4.69) is 70.9 Å². The summed E-state index contributed by atoms with van der Waals surface area (Å²) in [4.78, 5) is 4.56. The van der Waals surface area contributed by atoms with Gasteiger partial charge in [-0.25, -0.2) is 9.50 Å². The zero-order valence-electron chi connectivity index (χ0n) is 17.8. The number of hydrogen-bond acceptors (Lipinski definition) is 5. The number of benzene rings is 2. The molecule has 158 valence electrons. The summed E-state index contributed by atoms with van der Waals surface area (Å²) in [6.07, 6.45) is 7.64. The van der Waals surface area contributed by atoms with E-state index in [9.17, 15) is 0 Å². The standard InChI is InChI=1S/C25H28N6/c1-16-2-4-17(5-3-16)18-8-12-21(13-9-18)29-23-22(19-6-10-20(26)11-7-19)24(27)30-31-15-14-28-25(23)31/h2-5,8-9,12-15,19-20,29H,6-7,10-11,26H2,1H3,(H2,27,30). The number of rotatable bonds is 4. The van der Waals surface area contributed by atoms with Gasteiger partial charge < -0.3 is 16.8 Å². The summed E-state index contributed by atoms with van der Waals surface area (Å²) in [5, 5.41) is 8.16. The van der Waals surface area contributed by atoms with Gasteiger partial charge in [0, 0.05) is 29.7 Å². The minimum Gasteiger partial charge on any atom is -0.382 e. The Hall–Kier alpha value is -3.38. The third-order valence-corrected chi connectivity index (χ3v) is 6.33. The minimum atomic E-state index is 0.284. The van der Waals surface area contributed by atoms with Gasteiger partial charge in [-0.05, 0) is 61.8 Å². The molecule has 0 bridgehead atoms. The molecular formula is C25H28N6. The van der Waals surface area contributed by atoms with Crippen molar-refractivity contribution in [3.8, 4) is 11.1 Å². The van der Waals surface area contributed by atoms with Gasteiger partial charge in [-0.2, -0.15) is 0 Å². The third kappa shape index (κ3) is 3.86. The topological polar surface area (TPSA) is 94.3 Å². The first kappa shape index (κ1) is 19.6. The lowest BCUT2D eigenvalue weighted by molar-refractivity contribution is 0.396. The fourth-order valence-corrected chi connectivity index (χ4v) is 4.56. The van der Waals surface area contributed by atoms with E-state index in [1.165, 1.54) is 16.7 Å². The summed E-state index contributed by atoms with van der Waals surface area (Å²) in [5.41, 5.74) is 20.0. The van der Waals surface area contributed by atoms with Crippen LogP contribution in [0.5, 0.6) is 0 Å². The lowest BCUT2D eigenvalue weighted by atomic mass is 9.81. The molecule has 0 atom stereocenters. The number of nitrogen functional groups attached to an aromatic ring is 1. The molecular weight excluding hydrogens is 384 g/mol. The smallest absolute Gasteiger partial charge is 0.177 e. The van der Waals surface area contributed by atoms with E-state index in [0.717, 1.165) is 48.3 Å². The van der Waals surface area contributed by atoms with E-state index >= 15 is 0 Å². The Morgan fingerprint density at radius 1 is 0.935 bits per heavy atom. The Labute approximate surface area is 182 Å². The summed E-state index contributed by atoms with van der Waals surface area (Å²) in [7, 11) is 0. The molecule has 2 aromatic carbocycles. The second-order valence-corrected chi connectivity index (χ2v) is 8.55. The predicted molar refractivity (Wildman–Crippen MR) is 126 cm³/mol. The third-order valence-electron chi connectivity index (χ3n) is 6.33. The first-order valence-corrected chi connectivity index (χ1v) is 10.9. The summed E-state index contributed by atoms with van der Waals surface area (Å²) in [5.74, 6) is 0.896. The van der Waals surface area contributed by atoms with E-state index in [4.69, 9.17) is 11.5 Å². The number of nitrogens with zero attached hydrogens (tertiary/aromatic N) is 3. The van der Waals surface area contributed by atoms with Crippen molar-refractivity contribution in [2.75, 3.05) is 11.1 Å². The summed E-state index contributed by atoms with van der Waals surface area (Å²) < 4.78 is 1.75. The van der Waals surface area contributed by atoms with Gasteiger partial charge in [-0.1, -0.05) is 42.0 Å². The monoisotopic (exact) mass is 412 g/mol. The normalized spacial score (nSPS) is 18.9. The highest BCUT2D eigenvalue weighted by atomic mass is 15.3. The van der Waals surface area contributed by atoms with E-state index < -0.39 is 0 Å². The van der Waals surface area contributed by atoms with Crippen LogP contribution < -0.4 is 16.8 Å². The van der Waals surface area contributed by atoms with E-state index in [1.807, 2.05) is 6.20 Å². The molecule has 0 amide bonds. The zero-order chi connectivity index (χ0) is 21.4. The average molecular weight is 413 g/mol. The van der Waals surface area contributed by atoms with Gasteiger partial charge in [0.1, 0.15) is 5.82 Å².